The largest absolute Gasteiger partial charge is 0.339 e. The van der Waals surface area contributed by atoms with Crippen LogP contribution >= 0.6 is 39.1 Å². The quantitative estimate of drug-likeness (QED) is 0.762. The molecule has 5 heteroatoms. The lowest BCUT2D eigenvalue weighted by atomic mass is 10.2. The van der Waals surface area contributed by atoms with Crippen molar-refractivity contribution in [2.45, 2.75) is 13.8 Å². The van der Waals surface area contributed by atoms with E-state index in [-0.39, 0.29) is 5.91 Å². The number of nitrogens with zero attached hydrogens (tertiary/aromatic N) is 1. The molecular formula is C11H12BrCl2NO. The number of hydrogen-bond acceptors (Lipinski definition) is 1. The second kappa shape index (κ2) is 5.89. The van der Waals surface area contributed by atoms with Crippen LogP contribution in [0.1, 0.15) is 24.2 Å². The molecule has 0 aliphatic rings. The summed E-state index contributed by atoms with van der Waals surface area (Å²) in [5, 5.41) is 0.810. The van der Waals surface area contributed by atoms with E-state index in [1.807, 2.05) is 13.8 Å². The van der Waals surface area contributed by atoms with Crippen molar-refractivity contribution < 1.29 is 4.79 Å². The molecule has 1 aromatic rings. The Morgan fingerprint density at radius 3 is 2.38 bits per heavy atom. The van der Waals surface area contributed by atoms with Crippen LogP contribution in [0.15, 0.2) is 16.6 Å². The SMILES string of the molecule is CCN(CC)C(=O)c1ccc(Cl)c(Cl)c1Br. The predicted molar refractivity (Wildman–Crippen MR) is 71.4 cm³/mol. The van der Waals surface area contributed by atoms with Crippen LogP contribution in [0.2, 0.25) is 10.0 Å². The zero-order valence-electron chi connectivity index (χ0n) is 9.06. The zero-order chi connectivity index (χ0) is 12.3. The number of amides is 1. The standard InChI is InChI=1S/C11H12BrCl2NO/c1-3-15(4-2)11(16)7-5-6-8(13)10(14)9(7)12/h5-6H,3-4H2,1-2H3. The lowest BCUT2D eigenvalue weighted by Gasteiger charge is -2.19. The number of halogens is 3. The molecular weight excluding hydrogens is 313 g/mol. The topological polar surface area (TPSA) is 20.3 Å². The predicted octanol–water partition coefficient (Wildman–Crippen LogP) is 4.24. The molecule has 1 aromatic carbocycles. The first kappa shape index (κ1) is 13.8. The smallest absolute Gasteiger partial charge is 0.255 e. The van der Waals surface area contributed by atoms with Gasteiger partial charge in [0.15, 0.2) is 0 Å². The fourth-order valence-corrected chi connectivity index (χ4v) is 2.32. The van der Waals surface area contributed by atoms with Crippen LogP contribution in [0.5, 0.6) is 0 Å². The van der Waals surface area contributed by atoms with Gasteiger partial charge in [0.05, 0.1) is 20.1 Å². The first-order chi connectivity index (χ1) is 7.52. The third-order valence-corrected chi connectivity index (χ3v) is 4.17. The minimum Gasteiger partial charge on any atom is -0.339 e. The summed E-state index contributed by atoms with van der Waals surface area (Å²) < 4.78 is 0.554. The Bertz CT molecular complexity index is 405. The molecule has 16 heavy (non-hydrogen) atoms. The van der Waals surface area contributed by atoms with Crippen molar-refractivity contribution in [3.63, 3.8) is 0 Å². The number of hydrogen-bond donors (Lipinski definition) is 0. The van der Waals surface area contributed by atoms with E-state index in [4.69, 9.17) is 23.2 Å². The third kappa shape index (κ3) is 2.70. The van der Waals surface area contributed by atoms with Crippen molar-refractivity contribution in [2.24, 2.45) is 0 Å². The minimum atomic E-state index is -0.0459. The van der Waals surface area contributed by atoms with Crippen molar-refractivity contribution >= 4 is 45.0 Å². The molecule has 0 saturated carbocycles. The summed E-state index contributed by atoms with van der Waals surface area (Å²) in [5.41, 5.74) is 0.540. The summed E-state index contributed by atoms with van der Waals surface area (Å²) in [6.45, 7) is 5.21. The van der Waals surface area contributed by atoms with Crippen molar-refractivity contribution in [1.82, 2.24) is 4.90 Å². The van der Waals surface area contributed by atoms with Gasteiger partial charge in [-0.15, -0.1) is 0 Å². The van der Waals surface area contributed by atoms with Gasteiger partial charge < -0.3 is 4.90 Å². The van der Waals surface area contributed by atoms with Crippen LogP contribution in [0.4, 0.5) is 0 Å². The molecule has 88 valence electrons. The molecule has 0 heterocycles. The Labute approximate surface area is 114 Å². The molecule has 0 spiro atoms. The van der Waals surface area contributed by atoms with Crippen molar-refractivity contribution in [2.75, 3.05) is 13.1 Å². The van der Waals surface area contributed by atoms with Gasteiger partial charge in [0.25, 0.3) is 5.91 Å². The van der Waals surface area contributed by atoms with Crippen molar-refractivity contribution in [3.8, 4) is 0 Å². The van der Waals surface area contributed by atoms with Crippen LogP contribution in [0.25, 0.3) is 0 Å². The van der Waals surface area contributed by atoms with Gasteiger partial charge in [-0.05, 0) is 41.9 Å². The Hall–Kier alpha value is -0.250. The van der Waals surface area contributed by atoms with Crippen LogP contribution in [0.3, 0.4) is 0 Å². The molecule has 0 fully saturated rings. The Balaban J connectivity index is 3.14. The molecule has 0 aliphatic carbocycles. The molecule has 0 aliphatic heterocycles. The van der Waals surface area contributed by atoms with E-state index in [1.165, 1.54) is 0 Å². The molecule has 0 N–H and O–H groups in total. The maximum absolute atomic E-state index is 12.1. The van der Waals surface area contributed by atoms with Gasteiger partial charge in [-0.3, -0.25) is 4.79 Å². The molecule has 0 bridgehead atoms. The molecule has 1 amide bonds. The number of carbonyl (C=O) groups is 1. The van der Waals surface area contributed by atoms with E-state index in [0.29, 0.717) is 33.2 Å². The molecule has 0 atom stereocenters. The van der Waals surface area contributed by atoms with Crippen LogP contribution in [-0.4, -0.2) is 23.9 Å². The fourth-order valence-electron chi connectivity index (χ4n) is 1.37. The second-order valence-electron chi connectivity index (χ2n) is 3.20. The maximum atomic E-state index is 12.1. The van der Waals surface area contributed by atoms with E-state index < -0.39 is 0 Å². The maximum Gasteiger partial charge on any atom is 0.255 e. The number of carbonyl (C=O) groups excluding carboxylic acids is 1. The summed E-state index contributed by atoms with van der Waals surface area (Å²) in [6, 6.07) is 3.31. The van der Waals surface area contributed by atoms with Crippen LogP contribution < -0.4 is 0 Å². The molecule has 0 radical (unpaired) electrons. The third-order valence-electron chi connectivity index (χ3n) is 2.32. The van der Waals surface area contributed by atoms with Gasteiger partial charge in [-0.1, -0.05) is 23.2 Å². The van der Waals surface area contributed by atoms with Gasteiger partial charge in [0, 0.05) is 13.1 Å². The first-order valence-electron chi connectivity index (χ1n) is 4.95. The highest BCUT2D eigenvalue weighted by Crippen LogP contribution is 2.33. The fraction of sp³-hybridized carbons (Fsp3) is 0.364. The Kier molecular flexibility index (Phi) is 5.09. The summed E-state index contributed by atoms with van der Waals surface area (Å²) in [5.74, 6) is -0.0459. The normalized spacial score (nSPS) is 10.3. The lowest BCUT2D eigenvalue weighted by molar-refractivity contribution is 0.0772. The van der Waals surface area contributed by atoms with E-state index >= 15 is 0 Å². The molecule has 0 unspecified atom stereocenters. The summed E-state index contributed by atoms with van der Waals surface area (Å²) in [4.78, 5) is 13.8. The Morgan fingerprint density at radius 2 is 1.88 bits per heavy atom. The summed E-state index contributed by atoms with van der Waals surface area (Å²) in [6.07, 6.45) is 0. The highest BCUT2D eigenvalue weighted by molar-refractivity contribution is 9.10. The molecule has 0 saturated heterocycles. The van der Waals surface area contributed by atoms with Gasteiger partial charge in [-0.2, -0.15) is 0 Å². The van der Waals surface area contributed by atoms with E-state index in [9.17, 15) is 4.79 Å². The van der Waals surface area contributed by atoms with E-state index in [0.717, 1.165) is 0 Å². The zero-order valence-corrected chi connectivity index (χ0v) is 12.2. The summed E-state index contributed by atoms with van der Waals surface area (Å²) in [7, 11) is 0. The number of rotatable bonds is 3. The monoisotopic (exact) mass is 323 g/mol. The first-order valence-corrected chi connectivity index (χ1v) is 6.50. The molecule has 0 aromatic heterocycles. The minimum absolute atomic E-state index is 0.0459. The van der Waals surface area contributed by atoms with Gasteiger partial charge in [0.1, 0.15) is 0 Å². The van der Waals surface area contributed by atoms with Gasteiger partial charge >= 0.3 is 0 Å². The highest BCUT2D eigenvalue weighted by Gasteiger charge is 2.18. The second-order valence-corrected chi connectivity index (χ2v) is 4.78. The van der Waals surface area contributed by atoms with Crippen molar-refractivity contribution in [1.29, 1.82) is 0 Å². The highest BCUT2D eigenvalue weighted by atomic mass is 79.9. The number of benzene rings is 1. The lowest BCUT2D eigenvalue weighted by Crippen LogP contribution is -2.30. The van der Waals surface area contributed by atoms with Crippen LogP contribution in [0, 0.1) is 0 Å². The Morgan fingerprint density at radius 1 is 1.31 bits per heavy atom. The van der Waals surface area contributed by atoms with Gasteiger partial charge in [0.2, 0.25) is 0 Å². The average molecular weight is 325 g/mol. The van der Waals surface area contributed by atoms with Crippen LogP contribution in [-0.2, 0) is 0 Å². The molecule has 1 rings (SSSR count). The van der Waals surface area contributed by atoms with E-state index in [2.05, 4.69) is 15.9 Å². The van der Waals surface area contributed by atoms with E-state index in [1.54, 1.807) is 17.0 Å². The molecule has 2 nitrogen and oxygen atoms in total. The van der Waals surface area contributed by atoms with Crippen molar-refractivity contribution in [3.05, 3.63) is 32.2 Å². The summed E-state index contributed by atoms with van der Waals surface area (Å²) >= 11 is 15.1. The van der Waals surface area contributed by atoms with Gasteiger partial charge in [-0.25, -0.2) is 0 Å². The average Bonchev–Trinajstić information content (AvgIpc) is 2.27.